The summed E-state index contributed by atoms with van der Waals surface area (Å²) in [5, 5.41) is 7.35. The average molecular weight is 415 g/mol. The van der Waals surface area contributed by atoms with Gasteiger partial charge in [0.15, 0.2) is 5.65 Å². The maximum atomic E-state index is 12.9. The van der Waals surface area contributed by atoms with E-state index in [9.17, 15) is 4.79 Å². The van der Waals surface area contributed by atoms with Gasteiger partial charge in [0, 0.05) is 29.8 Å². The molecular weight excluding hydrogens is 394 g/mol. The average Bonchev–Trinajstić information content (AvgIpc) is 3.27. The second kappa shape index (κ2) is 8.16. The Balaban J connectivity index is 1.53. The van der Waals surface area contributed by atoms with E-state index >= 15 is 0 Å². The van der Waals surface area contributed by atoms with Gasteiger partial charge in [0.2, 0.25) is 0 Å². The number of carbonyl (C=O) groups excluding carboxylic acids is 1. The molecule has 156 valence electrons. The normalized spacial score (nSPS) is 14.0. The fourth-order valence-corrected chi connectivity index (χ4v) is 3.73. The van der Waals surface area contributed by atoms with Crippen molar-refractivity contribution in [3.8, 4) is 28.3 Å². The van der Waals surface area contributed by atoms with E-state index in [1.807, 2.05) is 53.4 Å². The van der Waals surface area contributed by atoms with Crippen LogP contribution in [0.2, 0.25) is 0 Å². The SMILES string of the molecule is COc1ccccc1-c1n[nH]c2ncc(-c3cccc(C(=O)N4CCOCC4)c3)nc12. The van der Waals surface area contributed by atoms with Crippen LogP contribution in [-0.4, -0.2) is 64.4 Å². The van der Waals surface area contributed by atoms with Gasteiger partial charge in [-0.05, 0) is 24.3 Å². The van der Waals surface area contributed by atoms with Crippen LogP contribution >= 0.6 is 0 Å². The lowest BCUT2D eigenvalue weighted by Crippen LogP contribution is -2.40. The number of morpholine rings is 1. The predicted molar refractivity (Wildman–Crippen MR) is 116 cm³/mol. The molecule has 0 aliphatic carbocycles. The molecule has 8 heteroatoms. The topological polar surface area (TPSA) is 93.2 Å². The Morgan fingerprint density at radius 2 is 1.97 bits per heavy atom. The molecule has 2 aromatic heterocycles. The Morgan fingerprint density at radius 3 is 2.81 bits per heavy atom. The van der Waals surface area contributed by atoms with Crippen LogP contribution in [0.1, 0.15) is 10.4 Å². The van der Waals surface area contributed by atoms with Crippen LogP contribution in [0.4, 0.5) is 0 Å². The molecule has 1 aliphatic rings. The molecule has 2 aromatic carbocycles. The fraction of sp³-hybridized carbons (Fsp3) is 0.217. The lowest BCUT2D eigenvalue weighted by atomic mass is 10.1. The third-order valence-electron chi connectivity index (χ3n) is 5.34. The minimum absolute atomic E-state index is 0.00258. The maximum absolute atomic E-state index is 12.9. The molecule has 4 aromatic rings. The molecule has 1 saturated heterocycles. The molecular formula is C23H21N5O3. The Labute approximate surface area is 178 Å². The highest BCUT2D eigenvalue weighted by Gasteiger charge is 2.20. The Hall–Kier alpha value is -3.78. The summed E-state index contributed by atoms with van der Waals surface area (Å²) in [6.07, 6.45) is 1.69. The number of methoxy groups -OCH3 is 1. The van der Waals surface area contributed by atoms with Crippen LogP contribution in [0.25, 0.3) is 33.7 Å². The van der Waals surface area contributed by atoms with Crippen molar-refractivity contribution in [1.82, 2.24) is 25.1 Å². The van der Waals surface area contributed by atoms with Crippen molar-refractivity contribution < 1.29 is 14.3 Å². The zero-order chi connectivity index (χ0) is 21.2. The number of nitrogens with zero attached hydrogens (tertiary/aromatic N) is 4. The van der Waals surface area contributed by atoms with Crippen molar-refractivity contribution in [3.63, 3.8) is 0 Å². The summed E-state index contributed by atoms with van der Waals surface area (Å²) in [5.41, 5.74) is 4.85. The van der Waals surface area contributed by atoms with Gasteiger partial charge in [-0.25, -0.2) is 9.97 Å². The number of H-pyrrole nitrogens is 1. The second-order valence-corrected chi connectivity index (χ2v) is 7.21. The lowest BCUT2D eigenvalue weighted by molar-refractivity contribution is 0.0303. The number of aromatic nitrogens is 4. The largest absolute Gasteiger partial charge is 0.496 e. The molecule has 3 heterocycles. The standard InChI is InChI=1S/C23H21N5O3/c1-30-19-8-3-2-7-17(19)20-21-22(27-26-20)24-14-18(25-21)15-5-4-6-16(13-15)23(29)28-9-11-31-12-10-28/h2-8,13-14H,9-12H2,1H3,(H,24,26,27). The van der Waals surface area contributed by atoms with E-state index < -0.39 is 0 Å². The number of para-hydroxylation sites is 1. The lowest BCUT2D eigenvalue weighted by Gasteiger charge is -2.27. The number of benzene rings is 2. The number of aromatic amines is 1. The maximum Gasteiger partial charge on any atom is 0.254 e. The molecule has 31 heavy (non-hydrogen) atoms. The van der Waals surface area contributed by atoms with Gasteiger partial charge in [-0.2, -0.15) is 5.10 Å². The molecule has 0 unspecified atom stereocenters. The Morgan fingerprint density at radius 1 is 1.13 bits per heavy atom. The van der Waals surface area contributed by atoms with Crippen LogP contribution < -0.4 is 4.74 Å². The van der Waals surface area contributed by atoms with Crippen molar-refractivity contribution >= 4 is 17.1 Å². The van der Waals surface area contributed by atoms with Gasteiger partial charge >= 0.3 is 0 Å². The molecule has 1 aliphatic heterocycles. The number of ether oxygens (including phenoxy) is 2. The van der Waals surface area contributed by atoms with Crippen LogP contribution in [0.15, 0.2) is 54.7 Å². The van der Waals surface area contributed by atoms with Gasteiger partial charge in [0.05, 0.1) is 32.2 Å². The summed E-state index contributed by atoms with van der Waals surface area (Å²) >= 11 is 0. The summed E-state index contributed by atoms with van der Waals surface area (Å²) in [6.45, 7) is 2.35. The minimum Gasteiger partial charge on any atom is -0.496 e. The fourth-order valence-electron chi connectivity index (χ4n) is 3.73. The van der Waals surface area contributed by atoms with Gasteiger partial charge in [0.25, 0.3) is 5.91 Å². The number of fused-ring (bicyclic) bond motifs is 1. The molecule has 0 atom stereocenters. The van der Waals surface area contributed by atoms with Crippen LogP contribution in [-0.2, 0) is 4.74 Å². The summed E-state index contributed by atoms with van der Waals surface area (Å²) in [4.78, 5) is 24.0. The van der Waals surface area contributed by atoms with Crippen molar-refractivity contribution in [2.24, 2.45) is 0 Å². The van der Waals surface area contributed by atoms with E-state index in [1.165, 1.54) is 0 Å². The summed E-state index contributed by atoms with van der Waals surface area (Å²) < 4.78 is 10.8. The van der Waals surface area contributed by atoms with E-state index in [1.54, 1.807) is 13.3 Å². The molecule has 0 spiro atoms. The van der Waals surface area contributed by atoms with Gasteiger partial charge in [-0.3, -0.25) is 9.89 Å². The smallest absolute Gasteiger partial charge is 0.254 e. The van der Waals surface area contributed by atoms with E-state index in [4.69, 9.17) is 14.5 Å². The number of carbonyl (C=O) groups is 1. The first kappa shape index (κ1) is 19.2. The predicted octanol–water partition coefficient (Wildman–Crippen LogP) is 3.17. The molecule has 8 nitrogen and oxygen atoms in total. The molecule has 0 bridgehead atoms. The van der Waals surface area contributed by atoms with Crippen molar-refractivity contribution in [1.29, 1.82) is 0 Å². The first-order valence-electron chi connectivity index (χ1n) is 10.1. The summed E-state index contributed by atoms with van der Waals surface area (Å²) in [6, 6.07) is 15.1. The zero-order valence-corrected chi connectivity index (χ0v) is 17.0. The highest BCUT2D eigenvalue weighted by atomic mass is 16.5. The van der Waals surface area contributed by atoms with E-state index in [2.05, 4.69) is 15.2 Å². The summed E-state index contributed by atoms with van der Waals surface area (Å²) in [7, 11) is 1.63. The third kappa shape index (κ3) is 3.62. The number of hydrogen-bond donors (Lipinski definition) is 1. The number of hydrogen-bond acceptors (Lipinski definition) is 6. The van der Waals surface area contributed by atoms with Crippen molar-refractivity contribution in [2.45, 2.75) is 0 Å². The van der Waals surface area contributed by atoms with E-state index in [0.717, 1.165) is 11.1 Å². The first-order chi connectivity index (χ1) is 15.2. The zero-order valence-electron chi connectivity index (χ0n) is 17.0. The monoisotopic (exact) mass is 415 g/mol. The molecule has 5 rings (SSSR count). The van der Waals surface area contributed by atoms with Gasteiger partial charge < -0.3 is 14.4 Å². The molecule has 0 saturated carbocycles. The van der Waals surface area contributed by atoms with E-state index in [0.29, 0.717) is 60.2 Å². The second-order valence-electron chi connectivity index (χ2n) is 7.21. The first-order valence-corrected chi connectivity index (χ1v) is 10.1. The van der Waals surface area contributed by atoms with Gasteiger partial charge in [-0.1, -0.05) is 24.3 Å². The molecule has 1 N–H and O–H groups in total. The van der Waals surface area contributed by atoms with Crippen molar-refractivity contribution in [3.05, 3.63) is 60.3 Å². The number of amides is 1. The highest BCUT2D eigenvalue weighted by Crippen LogP contribution is 2.32. The van der Waals surface area contributed by atoms with Crippen LogP contribution in [0.3, 0.4) is 0 Å². The summed E-state index contributed by atoms with van der Waals surface area (Å²) in [5.74, 6) is 0.707. The Bertz CT molecular complexity index is 1250. The van der Waals surface area contributed by atoms with E-state index in [-0.39, 0.29) is 5.91 Å². The van der Waals surface area contributed by atoms with Crippen LogP contribution in [0.5, 0.6) is 5.75 Å². The molecule has 0 radical (unpaired) electrons. The quantitative estimate of drug-likeness (QED) is 0.550. The molecule has 1 amide bonds. The minimum atomic E-state index is -0.00258. The Kier molecular flexibility index (Phi) is 5.05. The van der Waals surface area contributed by atoms with Gasteiger partial charge in [-0.15, -0.1) is 0 Å². The van der Waals surface area contributed by atoms with Crippen LogP contribution in [0, 0.1) is 0 Å². The number of nitrogens with one attached hydrogen (secondary N) is 1. The number of rotatable bonds is 4. The van der Waals surface area contributed by atoms with Crippen molar-refractivity contribution in [2.75, 3.05) is 33.4 Å². The third-order valence-corrected chi connectivity index (χ3v) is 5.34. The molecule has 1 fully saturated rings. The highest BCUT2D eigenvalue weighted by molar-refractivity contribution is 5.96. The van der Waals surface area contributed by atoms with Gasteiger partial charge in [0.1, 0.15) is 17.0 Å².